The summed E-state index contributed by atoms with van der Waals surface area (Å²) in [4.78, 5) is 16.0. The molecule has 0 aliphatic carbocycles. The molecule has 0 fully saturated rings. The predicted octanol–water partition coefficient (Wildman–Crippen LogP) is 1.26. The highest BCUT2D eigenvalue weighted by molar-refractivity contribution is 5.87. The first-order chi connectivity index (χ1) is 11.1. The number of benzene rings is 1. The molecule has 0 saturated heterocycles. The van der Waals surface area contributed by atoms with Crippen molar-refractivity contribution in [1.82, 2.24) is 20.1 Å². The van der Waals surface area contributed by atoms with Crippen molar-refractivity contribution in [1.29, 1.82) is 0 Å². The molecule has 0 atom stereocenters. The van der Waals surface area contributed by atoms with Crippen molar-refractivity contribution in [2.75, 3.05) is 25.1 Å². The Kier molecular flexibility index (Phi) is 4.31. The molecule has 8 nitrogen and oxygen atoms in total. The van der Waals surface area contributed by atoms with Crippen molar-refractivity contribution in [2.24, 2.45) is 7.05 Å². The van der Waals surface area contributed by atoms with E-state index in [4.69, 9.17) is 9.47 Å². The largest absolute Gasteiger partial charge is 0.486 e. The Morgan fingerprint density at radius 3 is 2.96 bits per heavy atom. The van der Waals surface area contributed by atoms with Crippen LogP contribution in [0.3, 0.4) is 0 Å². The van der Waals surface area contributed by atoms with Gasteiger partial charge in [0, 0.05) is 13.6 Å². The summed E-state index contributed by atoms with van der Waals surface area (Å²) in [5, 5.41) is 9.45. The molecule has 2 amide bonds. The van der Waals surface area contributed by atoms with Crippen LogP contribution in [0.2, 0.25) is 0 Å². The van der Waals surface area contributed by atoms with Gasteiger partial charge in [-0.2, -0.15) is 4.98 Å². The summed E-state index contributed by atoms with van der Waals surface area (Å²) in [5.41, 5.74) is 1.01. The summed E-state index contributed by atoms with van der Waals surface area (Å²) in [7, 11) is 1.77. The van der Waals surface area contributed by atoms with Crippen LogP contribution >= 0.6 is 0 Å². The van der Waals surface area contributed by atoms with Crippen LogP contribution in [0.5, 0.6) is 11.5 Å². The first-order valence-electron chi connectivity index (χ1n) is 7.43. The number of para-hydroxylation sites is 1. The van der Waals surface area contributed by atoms with Crippen LogP contribution in [0, 0.1) is 6.92 Å². The van der Waals surface area contributed by atoms with E-state index in [-0.39, 0.29) is 12.0 Å². The molecule has 0 radical (unpaired) electrons. The fourth-order valence-electron chi connectivity index (χ4n) is 2.30. The van der Waals surface area contributed by atoms with Crippen LogP contribution in [0.25, 0.3) is 0 Å². The lowest BCUT2D eigenvalue weighted by Gasteiger charge is -2.21. The van der Waals surface area contributed by atoms with Gasteiger partial charge in [-0.15, -0.1) is 5.10 Å². The second-order valence-electron chi connectivity index (χ2n) is 5.18. The van der Waals surface area contributed by atoms with Gasteiger partial charge < -0.3 is 14.8 Å². The maximum atomic E-state index is 11.8. The smallest absolute Gasteiger partial charge is 0.321 e. The molecule has 1 aromatic heterocycles. The number of aryl methyl sites for hydroxylation is 2. The maximum absolute atomic E-state index is 11.8. The zero-order chi connectivity index (χ0) is 16.2. The normalized spacial score (nSPS) is 12.8. The molecule has 23 heavy (non-hydrogen) atoms. The Morgan fingerprint density at radius 2 is 2.17 bits per heavy atom. The number of nitrogens with one attached hydrogen (secondary N) is 2. The summed E-state index contributed by atoms with van der Waals surface area (Å²) >= 11 is 0. The number of amides is 2. The van der Waals surface area contributed by atoms with Crippen LogP contribution in [0.4, 0.5) is 10.7 Å². The molecule has 0 bridgehead atoms. The van der Waals surface area contributed by atoms with Gasteiger partial charge in [-0.25, -0.2) is 4.79 Å². The van der Waals surface area contributed by atoms with E-state index in [1.807, 2.05) is 25.1 Å². The highest BCUT2D eigenvalue weighted by atomic mass is 16.6. The number of anilines is 1. The molecule has 2 aromatic rings. The van der Waals surface area contributed by atoms with Gasteiger partial charge in [0.2, 0.25) is 5.95 Å². The Labute approximate surface area is 133 Å². The fraction of sp³-hybridized carbons (Fsp3) is 0.400. The lowest BCUT2D eigenvalue weighted by atomic mass is 10.1. The van der Waals surface area contributed by atoms with Gasteiger partial charge in [-0.1, -0.05) is 12.1 Å². The van der Waals surface area contributed by atoms with Crippen LogP contribution in [-0.2, 0) is 13.5 Å². The number of ether oxygens (including phenoxy) is 2. The van der Waals surface area contributed by atoms with Gasteiger partial charge in [-0.05, 0) is 25.0 Å². The highest BCUT2D eigenvalue weighted by Gasteiger charge is 2.15. The van der Waals surface area contributed by atoms with E-state index < -0.39 is 0 Å². The van der Waals surface area contributed by atoms with Crippen molar-refractivity contribution >= 4 is 12.0 Å². The molecule has 2 N–H and O–H groups in total. The molecule has 1 aliphatic rings. The molecule has 1 aliphatic heterocycles. The highest BCUT2D eigenvalue weighted by Crippen LogP contribution is 2.33. The zero-order valence-corrected chi connectivity index (χ0v) is 13.1. The minimum absolute atomic E-state index is 0.288. The molecular weight excluding hydrogens is 298 g/mol. The first kappa shape index (κ1) is 15.1. The number of fused-ring (bicyclic) bond motifs is 1. The molecule has 0 unspecified atom stereocenters. The van der Waals surface area contributed by atoms with Gasteiger partial charge in [0.05, 0.1) is 0 Å². The van der Waals surface area contributed by atoms with Crippen LogP contribution in [0.1, 0.15) is 11.4 Å². The quantitative estimate of drug-likeness (QED) is 0.886. The standard InChI is InChI=1S/C15H19N5O3/c1-10-17-14(19-20(10)2)18-15(21)16-7-6-11-4-3-5-12-13(11)23-9-8-22-12/h3-5H,6-9H2,1-2H3,(H2,16,18,19,21). The first-order valence-corrected chi connectivity index (χ1v) is 7.43. The number of urea groups is 1. The Hall–Kier alpha value is -2.77. The fourth-order valence-corrected chi connectivity index (χ4v) is 2.30. The molecule has 2 heterocycles. The van der Waals surface area contributed by atoms with Gasteiger partial charge >= 0.3 is 6.03 Å². The van der Waals surface area contributed by atoms with E-state index in [1.165, 1.54) is 0 Å². The molecule has 0 saturated carbocycles. The number of carbonyl (C=O) groups is 1. The number of hydrogen-bond acceptors (Lipinski definition) is 5. The third-order valence-corrected chi connectivity index (χ3v) is 3.53. The molecular formula is C15H19N5O3. The number of aromatic nitrogens is 3. The van der Waals surface area contributed by atoms with Crippen LogP contribution in [0.15, 0.2) is 18.2 Å². The number of rotatable bonds is 4. The number of carbonyl (C=O) groups excluding carboxylic acids is 1. The third-order valence-electron chi connectivity index (χ3n) is 3.53. The van der Waals surface area contributed by atoms with Crippen molar-refractivity contribution in [3.63, 3.8) is 0 Å². The van der Waals surface area contributed by atoms with Crippen molar-refractivity contribution < 1.29 is 14.3 Å². The van der Waals surface area contributed by atoms with Crippen molar-refractivity contribution in [3.8, 4) is 11.5 Å². The minimum Gasteiger partial charge on any atom is -0.486 e. The summed E-state index contributed by atoms with van der Waals surface area (Å²) in [5.74, 6) is 2.54. The summed E-state index contributed by atoms with van der Waals surface area (Å²) in [6.45, 7) is 3.39. The van der Waals surface area contributed by atoms with Crippen LogP contribution < -0.4 is 20.1 Å². The molecule has 0 spiro atoms. The Bertz CT molecular complexity index is 694. The topological polar surface area (TPSA) is 90.3 Å². The van der Waals surface area contributed by atoms with E-state index in [0.717, 1.165) is 22.9 Å². The summed E-state index contributed by atoms with van der Waals surface area (Å²) in [6.07, 6.45) is 0.647. The van der Waals surface area contributed by atoms with Crippen LogP contribution in [-0.4, -0.2) is 40.6 Å². The van der Waals surface area contributed by atoms with Gasteiger partial charge in [-0.3, -0.25) is 10.00 Å². The minimum atomic E-state index is -0.336. The molecule has 3 rings (SSSR count). The lowest BCUT2D eigenvalue weighted by Crippen LogP contribution is -2.31. The lowest BCUT2D eigenvalue weighted by molar-refractivity contribution is 0.170. The van der Waals surface area contributed by atoms with E-state index in [2.05, 4.69) is 20.7 Å². The van der Waals surface area contributed by atoms with E-state index in [9.17, 15) is 4.79 Å². The molecule has 8 heteroatoms. The van der Waals surface area contributed by atoms with Crippen molar-refractivity contribution in [3.05, 3.63) is 29.6 Å². The third kappa shape index (κ3) is 3.53. The molecule has 122 valence electrons. The van der Waals surface area contributed by atoms with Crippen molar-refractivity contribution in [2.45, 2.75) is 13.3 Å². The number of nitrogens with zero attached hydrogens (tertiary/aromatic N) is 3. The molecule has 1 aromatic carbocycles. The SMILES string of the molecule is Cc1nc(NC(=O)NCCc2cccc3c2OCCO3)nn1C. The van der Waals surface area contributed by atoms with E-state index in [1.54, 1.807) is 11.7 Å². The van der Waals surface area contributed by atoms with Gasteiger partial charge in [0.25, 0.3) is 0 Å². The predicted molar refractivity (Wildman–Crippen MR) is 83.9 cm³/mol. The monoisotopic (exact) mass is 317 g/mol. The maximum Gasteiger partial charge on any atom is 0.321 e. The Balaban J connectivity index is 1.52. The number of hydrogen-bond donors (Lipinski definition) is 2. The second-order valence-corrected chi connectivity index (χ2v) is 5.18. The van der Waals surface area contributed by atoms with Gasteiger partial charge in [0.15, 0.2) is 11.5 Å². The van der Waals surface area contributed by atoms with Gasteiger partial charge in [0.1, 0.15) is 19.0 Å². The Morgan fingerprint density at radius 1 is 1.35 bits per heavy atom. The zero-order valence-electron chi connectivity index (χ0n) is 13.1. The average Bonchev–Trinajstić information content (AvgIpc) is 2.85. The summed E-state index contributed by atoms with van der Waals surface area (Å²) < 4.78 is 12.8. The second kappa shape index (κ2) is 6.55. The summed E-state index contributed by atoms with van der Waals surface area (Å²) in [6, 6.07) is 5.44. The van der Waals surface area contributed by atoms with E-state index >= 15 is 0 Å². The average molecular weight is 317 g/mol. The van der Waals surface area contributed by atoms with E-state index in [0.29, 0.717) is 26.2 Å².